The average molecular weight is 180 g/mol. The molecule has 1 aliphatic heterocycles. The van der Waals surface area contributed by atoms with Crippen molar-refractivity contribution in [2.75, 3.05) is 20.1 Å². The summed E-state index contributed by atoms with van der Waals surface area (Å²) in [5.74, 6) is 0. The second-order valence-electron chi connectivity index (χ2n) is 2.89. The number of hydrogen-bond acceptors (Lipinski definition) is 6. The highest BCUT2D eigenvalue weighted by molar-refractivity contribution is 4.68. The summed E-state index contributed by atoms with van der Waals surface area (Å²) in [6, 6.07) is 0. The van der Waals surface area contributed by atoms with Gasteiger partial charge in [-0.3, -0.25) is 0 Å². The van der Waals surface area contributed by atoms with Crippen LogP contribution in [0.25, 0.3) is 0 Å². The van der Waals surface area contributed by atoms with E-state index in [-0.39, 0.29) is 11.7 Å². The predicted molar refractivity (Wildman–Crippen MR) is 36.5 cm³/mol. The lowest BCUT2D eigenvalue weighted by Crippen LogP contribution is -2.55. The van der Waals surface area contributed by atoms with Crippen LogP contribution >= 0.6 is 0 Å². The van der Waals surface area contributed by atoms with E-state index in [1.807, 2.05) is 0 Å². The van der Waals surface area contributed by atoms with Crippen LogP contribution in [-0.4, -0.2) is 62.6 Å². The molecule has 2 atom stereocenters. The summed E-state index contributed by atoms with van der Waals surface area (Å²) < 4.78 is -0.620. The Bertz CT molecular complexity index is 162. The van der Waals surface area contributed by atoms with Crippen molar-refractivity contribution in [1.29, 1.82) is 0 Å². The highest BCUT2D eigenvalue weighted by Crippen LogP contribution is 2.23. The monoisotopic (exact) mass is 180 g/mol. The molecule has 7 nitrogen and oxygen atoms in total. The third kappa shape index (κ3) is 1.21. The zero-order chi connectivity index (χ0) is 9.35. The van der Waals surface area contributed by atoms with Crippen molar-refractivity contribution in [2.24, 2.45) is 0 Å². The summed E-state index contributed by atoms with van der Waals surface area (Å²) in [4.78, 5) is 0. The maximum absolute atomic E-state index is 10.8. The van der Waals surface area contributed by atoms with Gasteiger partial charge in [0.1, 0.15) is 6.67 Å². The van der Waals surface area contributed by atoms with Crippen LogP contribution in [0, 0.1) is 5.21 Å². The molecule has 0 aromatic heterocycles. The lowest BCUT2D eigenvalue weighted by atomic mass is 10.4. The second-order valence-corrected chi connectivity index (χ2v) is 2.89. The molecule has 7 heteroatoms. The van der Waals surface area contributed by atoms with E-state index in [1.165, 1.54) is 0 Å². The standard InChI is InChI=1S/C5H12N2O5/c8-2-7(3-9)1-6(12)4(10)5(7)11/h4-5,8-11H,1-3H2. The molecule has 0 aromatic rings. The minimum atomic E-state index is -1.58. The van der Waals surface area contributed by atoms with Crippen molar-refractivity contribution in [2.45, 2.75) is 12.5 Å². The molecule has 0 saturated carbocycles. The van der Waals surface area contributed by atoms with E-state index in [2.05, 4.69) is 0 Å². The van der Waals surface area contributed by atoms with Gasteiger partial charge in [-0.25, -0.2) is 4.48 Å². The number of hydroxylamine groups is 2. The van der Waals surface area contributed by atoms with Crippen molar-refractivity contribution < 1.29 is 24.9 Å². The molecule has 1 saturated heterocycles. The molecule has 0 amide bonds. The van der Waals surface area contributed by atoms with Crippen molar-refractivity contribution >= 4 is 0 Å². The summed E-state index contributed by atoms with van der Waals surface area (Å²) in [6.45, 7) is -1.50. The Labute approximate surface area is 68.8 Å². The predicted octanol–water partition coefficient (Wildman–Crippen LogP) is -2.89. The first-order valence-corrected chi connectivity index (χ1v) is 3.45. The number of rotatable bonds is 2. The van der Waals surface area contributed by atoms with Gasteiger partial charge in [0.05, 0.1) is 0 Å². The quantitative estimate of drug-likeness (QED) is 0.340. The van der Waals surface area contributed by atoms with E-state index >= 15 is 0 Å². The molecule has 2 unspecified atom stereocenters. The third-order valence-electron chi connectivity index (χ3n) is 2.11. The maximum atomic E-state index is 10.8. The molecule has 1 fully saturated rings. The fraction of sp³-hybridized carbons (Fsp3) is 1.00. The van der Waals surface area contributed by atoms with Gasteiger partial charge >= 0.3 is 0 Å². The molecule has 12 heavy (non-hydrogen) atoms. The zero-order valence-corrected chi connectivity index (χ0v) is 6.37. The van der Waals surface area contributed by atoms with E-state index in [4.69, 9.17) is 15.3 Å². The van der Waals surface area contributed by atoms with Crippen LogP contribution in [0.15, 0.2) is 0 Å². The van der Waals surface area contributed by atoms with Gasteiger partial charge < -0.3 is 30.7 Å². The van der Waals surface area contributed by atoms with Crippen molar-refractivity contribution in [3.63, 3.8) is 0 Å². The summed E-state index contributed by atoms with van der Waals surface area (Å²) in [5.41, 5.74) is 0. The molecule has 0 aromatic carbocycles. The highest BCUT2D eigenvalue weighted by atomic mass is 16.6. The van der Waals surface area contributed by atoms with E-state index in [1.54, 1.807) is 0 Å². The van der Waals surface area contributed by atoms with Gasteiger partial charge in [0, 0.05) is 0 Å². The number of aliphatic hydroxyl groups is 4. The summed E-state index contributed by atoms with van der Waals surface area (Å²) >= 11 is 0. The van der Waals surface area contributed by atoms with Gasteiger partial charge in [0.15, 0.2) is 19.7 Å². The Morgan fingerprint density at radius 1 is 1.33 bits per heavy atom. The Hall–Kier alpha value is -0.280. The molecule has 4 N–H and O–H groups in total. The molecule has 1 aliphatic rings. The highest BCUT2D eigenvalue weighted by Gasteiger charge is 2.47. The lowest BCUT2D eigenvalue weighted by Gasteiger charge is -2.32. The normalized spacial score (nSPS) is 35.8. The van der Waals surface area contributed by atoms with Crippen molar-refractivity contribution in [3.8, 4) is 0 Å². The number of aliphatic hydroxyl groups excluding tert-OH is 4. The van der Waals surface area contributed by atoms with Crippen LogP contribution in [0.5, 0.6) is 0 Å². The first-order chi connectivity index (χ1) is 5.57. The minimum absolute atomic E-state index is 0.219. The summed E-state index contributed by atoms with van der Waals surface area (Å²) in [5, 5.41) is 46.8. The van der Waals surface area contributed by atoms with Gasteiger partial charge in [-0.1, -0.05) is 0 Å². The number of quaternary nitrogens is 1. The second kappa shape index (κ2) is 3.23. The largest absolute Gasteiger partial charge is 0.779 e. The Balaban J connectivity index is 2.79. The number of nitrogens with zero attached hydrogens (tertiary/aromatic N) is 2. The Morgan fingerprint density at radius 3 is 2.00 bits per heavy atom. The van der Waals surface area contributed by atoms with Crippen LogP contribution in [0.4, 0.5) is 0 Å². The van der Waals surface area contributed by atoms with Crippen LogP contribution in [0.2, 0.25) is 0 Å². The molecule has 0 spiro atoms. The molecule has 1 rings (SSSR count). The Morgan fingerprint density at radius 2 is 1.83 bits per heavy atom. The fourth-order valence-electron chi connectivity index (χ4n) is 1.18. The number of hydrogen-bond donors (Lipinski definition) is 4. The molecule has 1 heterocycles. The smallest absolute Gasteiger partial charge is 0.235 e. The van der Waals surface area contributed by atoms with Crippen LogP contribution in [-0.2, 0) is 0 Å². The van der Waals surface area contributed by atoms with Crippen LogP contribution in [0.3, 0.4) is 0 Å². The van der Waals surface area contributed by atoms with Crippen LogP contribution in [0.1, 0.15) is 0 Å². The average Bonchev–Trinajstić information content (AvgIpc) is 2.30. The molecule has 0 bridgehead atoms. The third-order valence-corrected chi connectivity index (χ3v) is 2.11. The molecule has 72 valence electrons. The van der Waals surface area contributed by atoms with Gasteiger partial charge in [0.25, 0.3) is 0 Å². The topological polar surface area (TPSA) is 107 Å². The van der Waals surface area contributed by atoms with Gasteiger partial charge in [0.2, 0.25) is 6.23 Å². The lowest BCUT2D eigenvalue weighted by molar-refractivity contribution is -0.993. The van der Waals surface area contributed by atoms with Crippen LogP contribution < -0.4 is 0 Å². The summed E-state index contributed by atoms with van der Waals surface area (Å²) in [6.07, 6.45) is -3.04. The van der Waals surface area contributed by atoms with E-state index in [0.29, 0.717) is 0 Å². The minimum Gasteiger partial charge on any atom is -0.779 e. The van der Waals surface area contributed by atoms with Gasteiger partial charge in [-0.15, -0.1) is 0 Å². The van der Waals surface area contributed by atoms with Crippen molar-refractivity contribution in [3.05, 3.63) is 5.21 Å². The first-order valence-electron chi connectivity index (χ1n) is 3.45. The first kappa shape index (κ1) is 9.81. The molecule has 0 aliphatic carbocycles. The van der Waals surface area contributed by atoms with E-state index in [0.717, 1.165) is 0 Å². The summed E-state index contributed by atoms with van der Waals surface area (Å²) in [7, 11) is 0. The van der Waals surface area contributed by atoms with E-state index < -0.39 is 30.4 Å². The Kier molecular flexibility index (Phi) is 2.64. The molecular weight excluding hydrogens is 168 g/mol. The van der Waals surface area contributed by atoms with Gasteiger partial charge in [-0.2, -0.15) is 0 Å². The SMILES string of the molecule is [O-]N1C[N+](CO)(CO)C(O)C1O. The fourth-order valence-corrected chi connectivity index (χ4v) is 1.18. The molecule has 0 radical (unpaired) electrons. The maximum Gasteiger partial charge on any atom is 0.235 e. The van der Waals surface area contributed by atoms with Crippen molar-refractivity contribution in [1.82, 2.24) is 5.06 Å². The van der Waals surface area contributed by atoms with E-state index in [9.17, 15) is 10.3 Å². The molecular formula is C5H12N2O5. The zero-order valence-electron chi connectivity index (χ0n) is 6.37. The van der Waals surface area contributed by atoms with Gasteiger partial charge in [-0.05, 0) is 0 Å².